The molecule has 0 unspecified atom stereocenters. The molecule has 2 N–H and O–H groups in total. The zero-order valence-corrected chi connectivity index (χ0v) is 18.9. The van der Waals surface area contributed by atoms with E-state index in [0.29, 0.717) is 19.6 Å². The molecule has 30 heavy (non-hydrogen) atoms. The number of nitrogens with zero attached hydrogens (tertiary/aromatic N) is 1. The van der Waals surface area contributed by atoms with Crippen molar-refractivity contribution in [3.63, 3.8) is 0 Å². The largest absolute Gasteiger partial charge is 0.496 e. The highest BCUT2D eigenvalue weighted by Crippen LogP contribution is 2.29. The predicted octanol–water partition coefficient (Wildman–Crippen LogP) is 3.07. The maximum absolute atomic E-state index is 12.6. The van der Waals surface area contributed by atoms with E-state index in [-0.39, 0.29) is 30.3 Å². The highest BCUT2D eigenvalue weighted by atomic mass is 79.9. The molecule has 2 amide bonds. The molecule has 6 nitrogen and oxygen atoms in total. The first-order chi connectivity index (χ1) is 14.5. The van der Waals surface area contributed by atoms with Gasteiger partial charge in [-0.2, -0.15) is 0 Å². The Morgan fingerprint density at radius 3 is 2.67 bits per heavy atom. The Bertz CT molecular complexity index is 875. The van der Waals surface area contributed by atoms with Crippen molar-refractivity contribution in [1.82, 2.24) is 15.5 Å². The van der Waals surface area contributed by atoms with Crippen LogP contribution in [0.25, 0.3) is 0 Å². The summed E-state index contributed by atoms with van der Waals surface area (Å²) in [5.41, 5.74) is 2.29. The average molecular weight is 474 g/mol. The van der Waals surface area contributed by atoms with Gasteiger partial charge in [-0.15, -0.1) is 0 Å². The highest BCUT2D eigenvalue weighted by Gasteiger charge is 2.32. The third kappa shape index (κ3) is 5.83. The second-order valence-electron chi connectivity index (χ2n) is 7.50. The van der Waals surface area contributed by atoms with E-state index in [1.165, 1.54) is 12.5 Å². The summed E-state index contributed by atoms with van der Waals surface area (Å²) in [5.74, 6) is 0.782. The number of nitrogens with one attached hydrogen (secondary N) is 2. The molecule has 160 valence electrons. The molecule has 1 aliphatic heterocycles. The molecule has 0 aromatic heterocycles. The molecule has 1 heterocycles. The van der Waals surface area contributed by atoms with Crippen LogP contribution in [-0.2, 0) is 16.1 Å². The minimum absolute atomic E-state index is 0.0433. The summed E-state index contributed by atoms with van der Waals surface area (Å²) in [6.45, 7) is 3.43. The summed E-state index contributed by atoms with van der Waals surface area (Å²) in [7, 11) is 1.68. The van der Waals surface area contributed by atoms with Crippen molar-refractivity contribution >= 4 is 27.7 Å². The van der Waals surface area contributed by atoms with Gasteiger partial charge in [-0.3, -0.25) is 9.59 Å². The van der Waals surface area contributed by atoms with Gasteiger partial charge in [0.25, 0.3) is 0 Å². The molecular weight excluding hydrogens is 446 g/mol. The summed E-state index contributed by atoms with van der Waals surface area (Å²) in [5, 5.41) is 6.30. The summed E-state index contributed by atoms with van der Waals surface area (Å²) in [4.78, 5) is 25.6. The van der Waals surface area contributed by atoms with Crippen molar-refractivity contribution in [2.75, 3.05) is 26.7 Å². The van der Waals surface area contributed by atoms with Crippen LogP contribution in [0.5, 0.6) is 5.75 Å². The van der Waals surface area contributed by atoms with Crippen molar-refractivity contribution in [3.05, 3.63) is 64.1 Å². The van der Waals surface area contributed by atoms with Crippen LogP contribution in [0.15, 0.2) is 53.0 Å². The lowest BCUT2D eigenvalue weighted by atomic mass is 9.85. The van der Waals surface area contributed by atoms with Gasteiger partial charge in [-0.25, -0.2) is 0 Å². The number of amides is 2. The molecule has 2 aromatic carbocycles. The predicted molar refractivity (Wildman–Crippen MR) is 120 cm³/mol. The van der Waals surface area contributed by atoms with Crippen LogP contribution >= 0.6 is 15.9 Å². The van der Waals surface area contributed by atoms with Crippen LogP contribution < -0.4 is 15.4 Å². The Morgan fingerprint density at radius 2 is 1.97 bits per heavy atom. The van der Waals surface area contributed by atoms with E-state index in [4.69, 9.17) is 4.74 Å². The maximum atomic E-state index is 12.6. The zero-order chi connectivity index (χ0) is 21.5. The summed E-state index contributed by atoms with van der Waals surface area (Å²) in [6, 6.07) is 16.5. The molecule has 1 fully saturated rings. The zero-order valence-electron chi connectivity index (χ0n) is 17.4. The quantitative estimate of drug-likeness (QED) is 0.648. The first kappa shape index (κ1) is 22.3. The Balaban J connectivity index is 1.73. The van der Waals surface area contributed by atoms with Crippen molar-refractivity contribution in [2.24, 2.45) is 0 Å². The number of rotatable bonds is 7. The molecule has 0 spiro atoms. The SMILES string of the molecule is COc1ccc(Br)cc1CN[C@H]1CCN(C(=O)CNC(C)=O)C[C@H]1c1ccccc1. The molecular formula is C23H28BrN3O3. The fourth-order valence-corrected chi connectivity index (χ4v) is 4.31. The molecule has 1 aliphatic rings. The van der Waals surface area contributed by atoms with E-state index in [2.05, 4.69) is 44.8 Å². The van der Waals surface area contributed by atoms with Crippen molar-refractivity contribution in [1.29, 1.82) is 0 Å². The third-order valence-electron chi connectivity index (χ3n) is 5.48. The molecule has 2 aromatic rings. The fourth-order valence-electron chi connectivity index (χ4n) is 3.90. The van der Waals surface area contributed by atoms with Gasteiger partial charge in [-0.05, 0) is 30.2 Å². The molecule has 0 bridgehead atoms. The Morgan fingerprint density at radius 1 is 1.20 bits per heavy atom. The number of carbonyl (C=O) groups is 2. The molecule has 2 atom stereocenters. The highest BCUT2D eigenvalue weighted by molar-refractivity contribution is 9.10. The van der Waals surface area contributed by atoms with Gasteiger partial charge < -0.3 is 20.3 Å². The molecule has 0 saturated carbocycles. The van der Waals surface area contributed by atoms with Gasteiger partial charge in [-0.1, -0.05) is 46.3 Å². The summed E-state index contributed by atoms with van der Waals surface area (Å²) in [6.07, 6.45) is 0.835. The van der Waals surface area contributed by atoms with Gasteiger partial charge in [0, 0.05) is 48.6 Å². The van der Waals surface area contributed by atoms with Crippen LogP contribution in [0, 0.1) is 0 Å². The lowest BCUT2D eigenvalue weighted by Gasteiger charge is -2.39. The van der Waals surface area contributed by atoms with E-state index in [9.17, 15) is 9.59 Å². The van der Waals surface area contributed by atoms with Gasteiger partial charge in [0.2, 0.25) is 11.8 Å². The van der Waals surface area contributed by atoms with Crippen molar-refractivity contribution < 1.29 is 14.3 Å². The van der Waals surface area contributed by atoms with E-state index in [0.717, 1.165) is 22.2 Å². The lowest BCUT2D eigenvalue weighted by molar-refractivity contribution is -0.133. The Hall–Kier alpha value is -2.38. The van der Waals surface area contributed by atoms with Gasteiger partial charge in [0.15, 0.2) is 0 Å². The Labute approximate surface area is 186 Å². The number of hydrogen-bond donors (Lipinski definition) is 2. The maximum Gasteiger partial charge on any atom is 0.241 e. The molecule has 1 saturated heterocycles. The third-order valence-corrected chi connectivity index (χ3v) is 5.97. The van der Waals surface area contributed by atoms with Crippen LogP contribution in [0.4, 0.5) is 0 Å². The first-order valence-corrected chi connectivity index (χ1v) is 10.9. The number of piperidine rings is 1. The smallest absolute Gasteiger partial charge is 0.241 e. The van der Waals surface area contributed by atoms with E-state index in [1.807, 2.05) is 35.2 Å². The van der Waals surface area contributed by atoms with Crippen LogP contribution in [0.3, 0.4) is 0 Å². The standard InChI is InChI=1S/C23H28BrN3O3/c1-16(28)25-14-23(29)27-11-10-21(20(15-27)17-6-4-3-5-7-17)26-13-18-12-19(24)8-9-22(18)30-2/h3-9,12,20-21,26H,10-11,13-15H2,1-2H3,(H,25,28)/t20-,21-/m0/s1. The van der Waals surface area contributed by atoms with Crippen molar-refractivity contribution in [3.8, 4) is 5.75 Å². The van der Waals surface area contributed by atoms with Crippen LogP contribution in [0.2, 0.25) is 0 Å². The number of hydrogen-bond acceptors (Lipinski definition) is 4. The second-order valence-corrected chi connectivity index (χ2v) is 8.41. The number of halogens is 1. The topological polar surface area (TPSA) is 70.7 Å². The minimum atomic E-state index is -0.192. The fraction of sp³-hybridized carbons (Fsp3) is 0.391. The number of benzene rings is 2. The number of carbonyl (C=O) groups excluding carboxylic acids is 2. The lowest BCUT2D eigenvalue weighted by Crippen LogP contribution is -2.51. The molecule has 7 heteroatoms. The molecule has 0 aliphatic carbocycles. The van der Waals surface area contributed by atoms with E-state index < -0.39 is 0 Å². The van der Waals surface area contributed by atoms with Gasteiger partial charge in [0.1, 0.15) is 5.75 Å². The molecule has 0 radical (unpaired) electrons. The second kappa shape index (κ2) is 10.6. The van der Waals surface area contributed by atoms with Gasteiger partial charge in [0.05, 0.1) is 13.7 Å². The van der Waals surface area contributed by atoms with E-state index in [1.54, 1.807) is 7.11 Å². The first-order valence-electron chi connectivity index (χ1n) is 10.1. The Kier molecular flexibility index (Phi) is 7.87. The van der Waals surface area contributed by atoms with Gasteiger partial charge >= 0.3 is 0 Å². The van der Waals surface area contributed by atoms with Crippen LogP contribution in [0.1, 0.15) is 30.4 Å². The molecule has 3 rings (SSSR count). The minimum Gasteiger partial charge on any atom is -0.496 e. The van der Waals surface area contributed by atoms with Crippen molar-refractivity contribution in [2.45, 2.75) is 31.8 Å². The number of ether oxygens (including phenoxy) is 1. The van der Waals surface area contributed by atoms with Crippen LogP contribution in [-0.4, -0.2) is 49.5 Å². The monoisotopic (exact) mass is 473 g/mol. The summed E-state index contributed by atoms with van der Waals surface area (Å²) >= 11 is 3.53. The number of methoxy groups -OCH3 is 1. The summed E-state index contributed by atoms with van der Waals surface area (Å²) < 4.78 is 6.51. The normalized spacial score (nSPS) is 18.7. The number of likely N-dealkylation sites (tertiary alicyclic amines) is 1. The van der Waals surface area contributed by atoms with E-state index >= 15 is 0 Å². The average Bonchev–Trinajstić information content (AvgIpc) is 2.76.